The number of thioether (sulfide) groups is 1. The van der Waals surface area contributed by atoms with Crippen molar-refractivity contribution in [2.75, 3.05) is 29.8 Å². The molecule has 0 bridgehead atoms. The van der Waals surface area contributed by atoms with E-state index in [4.69, 9.17) is 0 Å². The molecule has 2 aromatic carbocycles. The number of benzene rings is 2. The van der Waals surface area contributed by atoms with Crippen LogP contribution in [0.3, 0.4) is 0 Å². The van der Waals surface area contributed by atoms with Crippen molar-refractivity contribution in [2.24, 2.45) is 0 Å². The van der Waals surface area contributed by atoms with E-state index < -0.39 is 10.0 Å². The summed E-state index contributed by atoms with van der Waals surface area (Å²) in [5, 5.41) is 0. The van der Waals surface area contributed by atoms with E-state index in [9.17, 15) is 8.42 Å². The molecule has 4 nitrogen and oxygen atoms in total. The van der Waals surface area contributed by atoms with Gasteiger partial charge in [0.05, 0.1) is 6.26 Å². The maximum absolute atomic E-state index is 11.4. The van der Waals surface area contributed by atoms with Crippen LogP contribution < -0.4 is 4.72 Å². The van der Waals surface area contributed by atoms with Crippen LogP contribution in [0.4, 0.5) is 5.69 Å². The third-order valence-corrected chi connectivity index (χ3v) is 8.12. The zero-order valence-electron chi connectivity index (χ0n) is 18.7. The molecule has 1 unspecified atom stereocenters. The molecule has 0 spiro atoms. The van der Waals surface area contributed by atoms with Gasteiger partial charge in [-0.05, 0) is 98.5 Å². The molecule has 2 aliphatic rings. The van der Waals surface area contributed by atoms with Crippen LogP contribution in [0.15, 0.2) is 41.3 Å². The van der Waals surface area contributed by atoms with Gasteiger partial charge in [0.15, 0.2) is 0 Å². The highest BCUT2D eigenvalue weighted by molar-refractivity contribution is 7.99. The van der Waals surface area contributed by atoms with Gasteiger partial charge in [0, 0.05) is 22.4 Å². The van der Waals surface area contributed by atoms with Gasteiger partial charge in [-0.1, -0.05) is 25.1 Å². The van der Waals surface area contributed by atoms with Gasteiger partial charge in [0.25, 0.3) is 0 Å². The molecule has 0 saturated carbocycles. The van der Waals surface area contributed by atoms with E-state index in [1.54, 1.807) is 16.7 Å². The van der Waals surface area contributed by atoms with E-state index in [-0.39, 0.29) is 0 Å². The van der Waals surface area contributed by atoms with Crippen LogP contribution in [0.5, 0.6) is 0 Å². The highest BCUT2D eigenvalue weighted by Crippen LogP contribution is 2.36. The number of hydrogen-bond donors (Lipinski definition) is 1. The van der Waals surface area contributed by atoms with Crippen LogP contribution >= 0.6 is 11.8 Å². The van der Waals surface area contributed by atoms with E-state index in [2.05, 4.69) is 28.7 Å². The van der Waals surface area contributed by atoms with Crippen molar-refractivity contribution in [3.05, 3.63) is 58.7 Å². The third kappa shape index (κ3) is 6.05. The number of nitrogens with one attached hydrogen (secondary N) is 1. The molecule has 2 aromatic rings. The summed E-state index contributed by atoms with van der Waals surface area (Å²) in [4.78, 5) is 4.23. The molecule has 0 aromatic heterocycles. The Hall–Kier alpha value is -1.50. The molecule has 1 heterocycles. The topological polar surface area (TPSA) is 49.4 Å². The summed E-state index contributed by atoms with van der Waals surface area (Å²) in [7, 11) is -3.22. The van der Waals surface area contributed by atoms with E-state index in [1.165, 1.54) is 54.6 Å². The van der Waals surface area contributed by atoms with E-state index >= 15 is 0 Å². The normalized spacial score (nSPS) is 18.1. The van der Waals surface area contributed by atoms with Crippen molar-refractivity contribution in [1.29, 1.82) is 0 Å². The molecular weight excluding hydrogens is 424 g/mol. The molecule has 0 fully saturated rings. The van der Waals surface area contributed by atoms with E-state index in [0.717, 1.165) is 25.9 Å². The number of sulfonamides is 1. The summed E-state index contributed by atoms with van der Waals surface area (Å²) < 4.78 is 25.2. The molecular formula is C25H34N2O2S2. The molecule has 0 amide bonds. The van der Waals surface area contributed by atoms with Crippen LogP contribution in [0.25, 0.3) is 0 Å². The van der Waals surface area contributed by atoms with Crippen molar-refractivity contribution in [3.8, 4) is 0 Å². The molecule has 0 radical (unpaired) electrons. The van der Waals surface area contributed by atoms with E-state index in [1.807, 2.05) is 36.0 Å². The second kappa shape index (κ2) is 9.97. The number of rotatable bonds is 9. The Kier molecular flexibility index (Phi) is 7.29. The van der Waals surface area contributed by atoms with Crippen molar-refractivity contribution in [2.45, 2.75) is 62.8 Å². The minimum Gasteiger partial charge on any atom is -0.300 e. The predicted molar refractivity (Wildman–Crippen MR) is 132 cm³/mol. The lowest BCUT2D eigenvalue weighted by Crippen LogP contribution is -2.40. The Morgan fingerprint density at radius 2 is 1.87 bits per heavy atom. The average Bonchev–Trinajstić information content (AvgIpc) is 3.18. The van der Waals surface area contributed by atoms with Gasteiger partial charge >= 0.3 is 0 Å². The molecule has 1 N–H and O–H groups in total. The quantitative estimate of drug-likeness (QED) is 0.580. The summed E-state index contributed by atoms with van der Waals surface area (Å²) in [5.41, 5.74) is 6.64. The fraction of sp³-hybridized carbons (Fsp3) is 0.520. The summed E-state index contributed by atoms with van der Waals surface area (Å²) >= 11 is 2.02. The molecule has 6 heteroatoms. The average molecular weight is 459 g/mol. The van der Waals surface area contributed by atoms with Crippen LogP contribution in [0.1, 0.15) is 48.4 Å². The lowest BCUT2D eigenvalue weighted by atomic mass is 9.86. The molecule has 1 atom stereocenters. The molecule has 0 saturated heterocycles. The minimum atomic E-state index is -3.22. The highest BCUT2D eigenvalue weighted by atomic mass is 32.2. The van der Waals surface area contributed by atoms with Crippen LogP contribution in [0, 0.1) is 0 Å². The summed E-state index contributed by atoms with van der Waals surface area (Å²) in [6, 6.07) is 13.4. The zero-order chi connectivity index (χ0) is 21.8. The first kappa shape index (κ1) is 22.7. The first-order valence-corrected chi connectivity index (χ1v) is 14.4. The first-order valence-electron chi connectivity index (χ1n) is 11.5. The third-order valence-electron chi connectivity index (χ3n) is 6.41. The Bertz CT molecular complexity index is 1000. The van der Waals surface area contributed by atoms with Crippen LogP contribution in [-0.4, -0.2) is 44.5 Å². The molecule has 1 aliphatic heterocycles. The van der Waals surface area contributed by atoms with Crippen molar-refractivity contribution < 1.29 is 8.42 Å². The predicted octanol–water partition coefficient (Wildman–Crippen LogP) is 4.91. The SMILES string of the molecule is CCCN(CCCc1ccc(NS(C)(=O)=O)cc1)C1CCc2cc3c(cc2C1)SCC3. The Morgan fingerprint density at radius 3 is 2.61 bits per heavy atom. The number of aryl methyl sites for hydroxylation is 3. The molecule has 4 rings (SSSR count). The Balaban J connectivity index is 1.33. The summed E-state index contributed by atoms with van der Waals surface area (Å²) in [6.07, 6.45) is 9.43. The van der Waals surface area contributed by atoms with Gasteiger partial charge in [-0.3, -0.25) is 4.72 Å². The largest absolute Gasteiger partial charge is 0.300 e. The molecule has 31 heavy (non-hydrogen) atoms. The van der Waals surface area contributed by atoms with Gasteiger partial charge < -0.3 is 4.90 Å². The number of fused-ring (bicyclic) bond motifs is 2. The van der Waals surface area contributed by atoms with E-state index in [0.29, 0.717) is 11.7 Å². The number of hydrogen-bond acceptors (Lipinski definition) is 4. The van der Waals surface area contributed by atoms with Crippen molar-refractivity contribution in [3.63, 3.8) is 0 Å². The summed E-state index contributed by atoms with van der Waals surface area (Å²) in [6.45, 7) is 4.56. The van der Waals surface area contributed by atoms with Gasteiger partial charge in [-0.15, -0.1) is 11.8 Å². The minimum absolute atomic E-state index is 0.629. The second-order valence-electron chi connectivity index (χ2n) is 8.93. The fourth-order valence-corrected chi connectivity index (χ4v) is 6.61. The van der Waals surface area contributed by atoms with Crippen LogP contribution in [0.2, 0.25) is 0 Å². The lowest BCUT2D eigenvalue weighted by Gasteiger charge is -2.35. The Morgan fingerprint density at radius 1 is 1.06 bits per heavy atom. The number of nitrogens with zero attached hydrogens (tertiary/aromatic N) is 1. The van der Waals surface area contributed by atoms with Gasteiger partial charge in [-0.2, -0.15) is 0 Å². The van der Waals surface area contributed by atoms with Gasteiger partial charge in [0.2, 0.25) is 10.0 Å². The first-order chi connectivity index (χ1) is 14.9. The monoisotopic (exact) mass is 458 g/mol. The van der Waals surface area contributed by atoms with Crippen LogP contribution in [-0.2, 0) is 35.7 Å². The Labute approximate surface area is 191 Å². The molecule has 1 aliphatic carbocycles. The maximum Gasteiger partial charge on any atom is 0.229 e. The summed E-state index contributed by atoms with van der Waals surface area (Å²) in [5.74, 6) is 1.24. The fourth-order valence-electron chi connectivity index (χ4n) is 4.93. The smallest absolute Gasteiger partial charge is 0.229 e. The van der Waals surface area contributed by atoms with Gasteiger partial charge in [-0.25, -0.2) is 8.42 Å². The molecule has 168 valence electrons. The van der Waals surface area contributed by atoms with Crippen molar-refractivity contribution in [1.82, 2.24) is 4.90 Å². The van der Waals surface area contributed by atoms with Gasteiger partial charge in [0.1, 0.15) is 0 Å². The zero-order valence-corrected chi connectivity index (χ0v) is 20.3. The second-order valence-corrected chi connectivity index (χ2v) is 11.8. The highest BCUT2D eigenvalue weighted by Gasteiger charge is 2.25. The standard InChI is InChI=1S/C25H34N2O2S2/c1-3-13-27(14-4-5-19-6-9-23(10-7-19)26-31(2,28)29)24-11-8-20-16-21-12-15-30-25(21)18-22(20)17-24/h6-7,9-10,16,18,24,26H,3-5,8,11-15,17H2,1-2H3. The van der Waals surface area contributed by atoms with Crippen molar-refractivity contribution >= 4 is 27.5 Å². The number of anilines is 1. The lowest BCUT2D eigenvalue weighted by molar-refractivity contribution is 0.177. The maximum atomic E-state index is 11.4.